The van der Waals surface area contributed by atoms with Gasteiger partial charge in [-0.2, -0.15) is 0 Å². The number of rotatable bonds is 15. The van der Waals surface area contributed by atoms with Crippen LogP contribution in [0.5, 0.6) is 5.75 Å². The first-order chi connectivity index (χ1) is 29.5. The quantitative estimate of drug-likeness (QED) is 0.0801. The first-order valence-corrected chi connectivity index (χ1v) is 18.5. The summed E-state index contributed by atoms with van der Waals surface area (Å²) < 4.78 is 52.8. The maximum Gasteiger partial charge on any atom is 0.187 e. The lowest BCUT2D eigenvalue weighted by molar-refractivity contribution is -0.355. The number of benzene rings is 1. The highest BCUT2D eigenvalue weighted by Gasteiger charge is 2.56. The summed E-state index contributed by atoms with van der Waals surface area (Å²) in [7, 11) is 1.50. The molecule has 0 spiro atoms. The van der Waals surface area contributed by atoms with Gasteiger partial charge in [-0.3, -0.25) is 0 Å². The van der Waals surface area contributed by atoms with Crippen LogP contribution in [-0.4, -0.2) is 174 Å². The van der Waals surface area contributed by atoms with Crippen molar-refractivity contribution < 1.29 is 73.3 Å². The largest absolute Gasteiger partial charge is 0.497 e. The Balaban J connectivity index is 1.25. The molecule has 20 unspecified atom stereocenters. The van der Waals surface area contributed by atoms with Crippen molar-refractivity contribution in [3.05, 3.63) is 82.0 Å². The zero-order valence-corrected chi connectivity index (χ0v) is 31.8. The maximum atomic E-state index is 11.6. The fraction of sp³-hybridized carbons (Fsp3) is 0.806. The van der Waals surface area contributed by atoms with Crippen LogP contribution in [0, 0.1) is 0 Å². The lowest BCUT2D eigenvalue weighted by Crippen LogP contribution is -2.65. The van der Waals surface area contributed by atoms with Gasteiger partial charge in [0.2, 0.25) is 0 Å². The molecule has 20 atom stereocenters. The normalized spacial score (nSPS) is 41.9. The molecule has 6 rings (SSSR count). The Morgan fingerprint density at radius 3 is 1.89 bits per heavy atom. The zero-order valence-electron chi connectivity index (χ0n) is 31.8. The highest BCUT2D eigenvalue weighted by atomic mass is 16.8. The van der Waals surface area contributed by atoms with Gasteiger partial charge in [-0.15, -0.1) is 0 Å². The van der Waals surface area contributed by atoms with Crippen LogP contribution >= 0.6 is 0 Å². The van der Waals surface area contributed by atoms with Crippen molar-refractivity contribution in [3.63, 3.8) is 0 Å². The summed E-state index contributed by atoms with van der Waals surface area (Å²) in [5.41, 5.74) is 46.9. The standard InChI is InChI=1S/C31H41N15O15/c1-53-11-4-2-10(3-5-11)28-54-9-16-26(59-28)22(51)18(41-46-36)30(57-16)58-24-13(39-44-34)6-12(38-43-33)19(48)27(24)61-31-23(52)25(15(8-47)56-31)60-29-17(40-45-35)21(50)20(49)14(55-29)7-37-42-32/h2-5,12-31,47-52H,6-9H2,1H3. The van der Waals surface area contributed by atoms with Crippen LogP contribution in [-0.2, 0) is 37.9 Å². The van der Waals surface area contributed by atoms with Crippen molar-refractivity contribution in [3.8, 4) is 5.75 Å². The third kappa shape index (κ3) is 9.74. The summed E-state index contributed by atoms with van der Waals surface area (Å²) in [5.74, 6) is 0.576. The van der Waals surface area contributed by atoms with Crippen molar-refractivity contribution in [2.24, 2.45) is 25.6 Å². The van der Waals surface area contributed by atoms with E-state index in [1.807, 2.05) is 0 Å². The lowest BCUT2D eigenvalue weighted by Gasteiger charge is -2.49. The van der Waals surface area contributed by atoms with E-state index in [-0.39, 0.29) is 13.0 Å². The average molecular weight is 864 g/mol. The molecule has 30 heteroatoms. The molecule has 5 aliphatic rings. The molecule has 1 aliphatic carbocycles. The Kier molecular flexibility index (Phi) is 15.5. The number of methoxy groups -OCH3 is 1. The Hall–Kier alpha value is -4.99. The van der Waals surface area contributed by atoms with Crippen LogP contribution in [0.25, 0.3) is 52.2 Å². The van der Waals surface area contributed by atoms with Gasteiger partial charge in [0.1, 0.15) is 60.6 Å². The predicted octanol–water partition coefficient (Wildman–Crippen LogP) is 0.666. The van der Waals surface area contributed by atoms with Gasteiger partial charge < -0.3 is 73.3 Å². The van der Waals surface area contributed by atoms with Gasteiger partial charge in [0.15, 0.2) is 25.2 Å². The third-order valence-electron chi connectivity index (χ3n) is 10.7. The molecule has 5 fully saturated rings. The van der Waals surface area contributed by atoms with Gasteiger partial charge in [-0.05, 0) is 46.2 Å². The number of fused-ring (bicyclic) bond motifs is 1. The van der Waals surface area contributed by atoms with Crippen molar-refractivity contribution >= 4 is 0 Å². The molecule has 0 aromatic heterocycles. The first-order valence-electron chi connectivity index (χ1n) is 18.5. The number of nitrogens with zero attached hydrogens (tertiary/aromatic N) is 15. The van der Waals surface area contributed by atoms with E-state index in [1.165, 1.54) is 7.11 Å². The van der Waals surface area contributed by atoms with Crippen molar-refractivity contribution in [1.29, 1.82) is 0 Å². The molecule has 4 saturated heterocycles. The zero-order chi connectivity index (χ0) is 43.8. The number of ether oxygens (including phenoxy) is 9. The minimum Gasteiger partial charge on any atom is -0.497 e. The van der Waals surface area contributed by atoms with Crippen molar-refractivity contribution in [2.75, 3.05) is 26.9 Å². The van der Waals surface area contributed by atoms with Gasteiger partial charge in [0.25, 0.3) is 0 Å². The lowest BCUT2D eigenvalue weighted by atomic mass is 9.84. The number of hydrogen-bond acceptors (Lipinski definition) is 20. The Bertz CT molecular complexity index is 1910. The van der Waals surface area contributed by atoms with E-state index in [0.717, 1.165) is 0 Å². The van der Waals surface area contributed by atoms with Crippen molar-refractivity contribution in [2.45, 2.75) is 129 Å². The summed E-state index contributed by atoms with van der Waals surface area (Å²) in [6.07, 6.45) is -25.3. The minimum atomic E-state index is -1.91. The second kappa shape index (κ2) is 20.7. The third-order valence-corrected chi connectivity index (χ3v) is 10.7. The average Bonchev–Trinajstić information content (AvgIpc) is 3.56. The van der Waals surface area contributed by atoms with E-state index in [2.05, 4.69) is 50.1 Å². The smallest absolute Gasteiger partial charge is 0.187 e. The SMILES string of the molecule is COc1ccc(C2OCC3OC(OC4C(N=[N+]=[N-])CC(N=[N+]=[N-])C(O)C4OC4OC(CO)C(OC5OC(CN=[N+]=[N-])C(O)C(O)C5N=[N+]=[N-])C4O)C(N=[N+]=[N-])C(O)C3O2)cc1. The molecular weight excluding hydrogens is 822 g/mol. The topological polar surface area (TPSA) is 448 Å². The van der Waals surface area contributed by atoms with E-state index in [9.17, 15) is 47.2 Å². The molecule has 6 N–H and O–H groups in total. The van der Waals surface area contributed by atoms with Crippen molar-refractivity contribution in [1.82, 2.24) is 0 Å². The number of aliphatic hydroxyl groups excluding tert-OH is 6. The molecule has 30 nitrogen and oxygen atoms in total. The second-order valence-corrected chi connectivity index (χ2v) is 14.2. The first kappa shape index (κ1) is 45.5. The summed E-state index contributed by atoms with van der Waals surface area (Å²) in [4.78, 5) is 13.7. The number of aliphatic hydroxyl groups is 6. The summed E-state index contributed by atoms with van der Waals surface area (Å²) in [6, 6.07) is 0.893. The fourth-order valence-electron chi connectivity index (χ4n) is 7.72. The van der Waals surface area contributed by atoms with Gasteiger partial charge >= 0.3 is 0 Å². The Labute approximate surface area is 342 Å². The van der Waals surface area contributed by atoms with E-state index >= 15 is 0 Å². The Morgan fingerprint density at radius 1 is 0.639 bits per heavy atom. The molecule has 4 heterocycles. The molecule has 1 saturated carbocycles. The van der Waals surface area contributed by atoms with Crippen LogP contribution in [0.15, 0.2) is 49.8 Å². The van der Waals surface area contributed by atoms with Gasteiger partial charge in [-0.25, -0.2) is 0 Å². The van der Waals surface area contributed by atoms with Gasteiger partial charge in [0.05, 0.1) is 69.5 Å². The van der Waals surface area contributed by atoms with Gasteiger partial charge in [-0.1, -0.05) is 37.7 Å². The van der Waals surface area contributed by atoms with E-state index in [4.69, 9.17) is 53.7 Å². The predicted molar refractivity (Wildman–Crippen MR) is 195 cm³/mol. The maximum absolute atomic E-state index is 11.6. The molecule has 1 aromatic rings. The molecule has 0 radical (unpaired) electrons. The molecule has 0 bridgehead atoms. The second-order valence-electron chi connectivity index (χ2n) is 14.2. The number of azide groups is 5. The van der Waals surface area contributed by atoms with Gasteiger partial charge in [0, 0.05) is 30.1 Å². The highest BCUT2D eigenvalue weighted by Crippen LogP contribution is 2.40. The summed E-state index contributed by atoms with van der Waals surface area (Å²) in [5, 5.41) is 84.0. The molecule has 4 aliphatic heterocycles. The van der Waals surface area contributed by atoms with Crippen LogP contribution in [0.1, 0.15) is 18.3 Å². The molecule has 61 heavy (non-hydrogen) atoms. The molecule has 330 valence electrons. The van der Waals surface area contributed by atoms with Crippen LogP contribution < -0.4 is 4.74 Å². The molecule has 1 aromatic carbocycles. The summed E-state index contributed by atoms with van der Waals surface area (Å²) >= 11 is 0. The van der Waals surface area contributed by atoms with Crippen LogP contribution in [0.2, 0.25) is 0 Å². The fourth-order valence-corrected chi connectivity index (χ4v) is 7.72. The van der Waals surface area contributed by atoms with Crippen LogP contribution in [0.4, 0.5) is 0 Å². The highest BCUT2D eigenvalue weighted by molar-refractivity contribution is 5.28. The Morgan fingerprint density at radius 2 is 1.25 bits per heavy atom. The summed E-state index contributed by atoms with van der Waals surface area (Å²) in [6.45, 7) is -1.51. The van der Waals surface area contributed by atoms with E-state index in [0.29, 0.717) is 11.3 Å². The van der Waals surface area contributed by atoms with E-state index < -0.39 is 136 Å². The van der Waals surface area contributed by atoms with E-state index in [1.54, 1.807) is 24.3 Å². The number of hydrogen-bond donors (Lipinski definition) is 6. The van der Waals surface area contributed by atoms with Crippen LogP contribution in [0.3, 0.4) is 0 Å². The molecular formula is C31H41N15O15. The monoisotopic (exact) mass is 863 g/mol. The minimum absolute atomic E-state index is 0.160. The molecule has 0 amide bonds.